The summed E-state index contributed by atoms with van der Waals surface area (Å²) < 4.78 is 19.5. The molecule has 0 saturated carbocycles. The zero-order valence-electron chi connectivity index (χ0n) is 21.9. The summed E-state index contributed by atoms with van der Waals surface area (Å²) in [6, 6.07) is 17.4. The molecule has 2 aromatic carbocycles. The lowest BCUT2D eigenvalue weighted by molar-refractivity contribution is -0.188. The minimum Gasteiger partial charge on any atom is -0.481 e. The van der Waals surface area contributed by atoms with Gasteiger partial charge in [0.25, 0.3) is 0 Å². The molecule has 0 radical (unpaired) electrons. The van der Waals surface area contributed by atoms with Crippen LogP contribution in [0.4, 0.5) is 0 Å². The second-order valence-corrected chi connectivity index (χ2v) is 9.59. The van der Waals surface area contributed by atoms with E-state index in [0.29, 0.717) is 18.7 Å². The number of nitrogens with zero attached hydrogens (tertiary/aromatic N) is 3. The predicted molar refractivity (Wildman–Crippen MR) is 145 cm³/mol. The van der Waals surface area contributed by atoms with E-state index in [-0.39, 0.29) is 18.8 Å². The van der Waals surface area contributed by atoms with Crippen molar-refractivity contribution in [3.8, 4) is 23.2 Å². The van der Waals surface area contributed by atoms with Crippen LogP contribution >= 0.6 is 0 Å². The van der Waals surface area contributed by atoms with Gasteiger partial charge in [0.2, 0.25) is 0 Å². The van der Waals surface area contributed by atoms with E-state index in [4.69, 9.17) is 19.1 Å². The number of aromatic nitrogens is 3. The van der Waals surface area contributed by atoms with Crippen LogP contribution in [-0.2, 0) is 27.2 Å². The van der Waals surface area contributed by atoms with Gasteiger partial charge in [-0.25, -0.2) is 4.98 Å². The molecule has 2 aromatic heterocycles. The third-order valence-electron chi connectivity index (χ3n) is 6.60. The fourth-order valence-corrected chi connectivity index (χ4v) is 4.49. The van der Waals surface area contributed by atoms with Crippen molar-refractivity contribution in [3.05, 3.63) is 95.2 Å². The maximum Gasteiger partial charge on any atom is 0.303 e. The minimum atomic E-state index is -0.795. The summed E-state index contributed by atoms with van der Waals surface area (Å²) in [5.74, 6) is 7.04. The van der Waals surface area contributed by atoms with Crippen LogP contribution in [0.2, 0.25) is 0 Å². The van der Waals surface area contributed by atoms with Crippen molar-refractivity contribution in [2.75, 3.05) is 6.61 Å². The first-order valence-corrected chi connectivity index (χ1v) is 13.2. The molecule has 200 valence electrons. The summed E-state index contributed by atoms with van der Waals surface area (Å²) in [6.45, 7) is 3.26. The topological polar surface area (TPSA) is 99.6 Å². The first-order valence-electron chi connectivity index (χ1n) is 13.2. The average Bonchev–Trinajstić information content (AvgIpc) is 3.62. The number of imidazole rings is 1. The highest BCUT2D eigenvalue weighted by atomic mass is 16.7. The first kappa shape index (κ1) is 26.4. The molecule has 3 heterocycles. The maximum absolute atomic E-state index is 10.7. The van der Waals surface area contributed by atoms with Crippen molar-refractivity contribution in [1.29, 1.82) is 0 Å². The van der Waals surface area contributed by atoms with E-state index in [1.807, 2.05) is 72.3 Å². The smallest absolute Gasteiger partial charge is 0.303 e. The van der Waals surface area contributed by atoms with Crippen molar-refractivity contribution in [3.63, 3.8) is 0 Å². The van der Waals surface area contributed by atoms with E-state index in [1.165, 1.54) is 0 Å². The van der Waals surface area contributed by atoms with E-state index in [0.717, 1.165) is 59.6 Å². The van der Waals surface area contributed by atoms with Crippen LogP contribution in [0, 0.1) is 11.8 Å². The quantitative estimate of drug-likeness (QED) is 0.284. The molecule has 1 saturated heterocycles. The maximum atomic E-state index is 10.7. The zero-order valence-corrected chi connectivity index (χ0v) is 21.9. The highest BCUT2D eigenvalue weighted by Crippen LogP contribution is 2.25. The van der Waals surface area contributed by atoms with Gasteiger partial charge in [-0.2, -0.15) is 0 Å². The molecular weight excluding hydrogens is 494 g/mol. The molecule has 0 spiro atoms. The predicted octanol–water partition coefficient (Wildman–Crippen LogP) is 5.61. The van der Waals surface area contributed by atoms with Gasteiger partial charge in [-0.3, -0.25) is 4.79 Å². The number of carboxylic acid groups (broad SMARTS) is 1. The lowest BCUT2D eigenvalue weighted by Crippen LogP contribution is -2.24. The van der Waals surface area contributed by atoms with E-state index in [1.54, 1.807) is 6.20 Å². The second kappa shape index (κ2) is 12.6. The molecule has 8 nitrogen and oxygen atoms in total. The Kier molecular flexibility index (Phi) is 8.51. The molecule has 1 aliphatic heterocycles. The van der Waals surface area contributed by atoms with Gasteiger partial charge in [0, 0.05) is 48.2 Å². The first-order chi connectivity index (χ1) is 19.0. The van der Waals surface area contributed by atoms with E-state index in [2.05, 4.69) is 22.0 Å². The van der Waals surface area contributed by atoms with Crippen LogP contribution in [0.5, 0.6) is 0 Å². The number of carboxylic acids is 1. The third kappa shape index (κ3) is 7.23. The van der Waals surface area contributed by atoms with Crippen LogP contribution < -0.4 is 0 Å². The Morgan fingerprint density at radius 3 is 2.56 bits per heavy atom. The number of hydrogen-bond acceptors (Lipinski definition) is 6. The molecule has 1 N–H and O–H groups in total. The summed E-state index contributed by atoms with van der Waals surface area (Å²) in [5.41, 5.74) is 4.45. The van der Waals surface area contributed by atoms with Crippen molar-refractivity contribution >= 4 is 5.97 Å². The summed E-state index contributed by atoms with van der Waals surface area (Å²) in [5, 5.41) is 13.1. The average molecular weight is 526 g/mol. The molecule has 0 aliphatic carbocycles. The summed E-state index contributed by atoms with van der Waals surface area (Å²) in [7, 11) is 0. The molecule has 39 heavy (non-hydrogen) atoms. The zero-order chi connectivity index (χ0) is 27.0. The number of ether oxygens (including phenoxy) is 2. The molecular formula is C31H31N3O5. The Morgan fingerprint density at radius 2 is 1.87 bits per heavy atom. The van der Waals surface area contributed by atoms with Gasteiger partial charge in [-0.05, 0) is 74.6 Å². The fraction of sp³-hybridized carbons (Fsp3) is 0.323. The molecule has 0 bridgehead atoms. The molecule has 0 amide bonds. The molecule has 8 heteroatoms. The Bertz CT molecular complexity index is 1440. The van der Waals surface area contributed by atoms with Gasteiger partial charge in [-0.1, -0.05) is 29.1 Å². The van der Waals surface area contributed by atoms with Crippen molar-refractivity contribution in [2.45, 2.75) is 58.0 Å². The summed E-state index contributed by atoms with van der Waals surface area (Å²) >= 11 is 0. The van der Waals surface area contributed by atoms with Gasteiger partial charge >= 0.3 is 5.97 Å². The third-order valence-corrected chi connectivity index (χ3v) is 6.60. The van der Waals surface area contributed by atoms with Crippen LogP contribution in [0.25, 0.3) is 11.3 Å². The van der Waals surface area contributed by atoms with Gasteiger partial charge < -0.3 is 23.7 Å². The normalized spacial score (nSPS) is 15.9. The number of aliphatic carboxylic acids is 1. The largest absolute Gasteiger partial charge is 0.481 e. The van der Waals surface area contributed by atoms with Gasteiger partial charge in [0.05, 0.1) is 6.54 Å². The monoisotopic (exact) mass is 525 g/mol. The molecule has 1 aliphatic rings. The van der Waals surface area contributed by atoms with Crippen molar-refractivity contribution < 1.29 is 23.9 Å². The Labute approximate surface area is 227 Å². The molecule has 4 aromatic rings. The van der Waals surface area contributed by atoms with Crippen molar-refractivity contribution in [1.82, 2.24) is 14.7 Å². The number of rotatable bonds is 9. The summed E-state index contributed by atoms with van der Waals surface area (Å²) in [6.07, 6.45) is 7.06. The number of aryl methyl sites for hydroxylation is 1. The van der Waals surface area contributed by atoms with Gasteiger partial charge in [0.1, 0.15) is 17.6 Å². The van der Waals surface area contributed by atoms with Gasteiger partial charge in [0.15, 0.2) is 12.1 Å². The number of carbonyl (C=O) groups is 1. The number of benzene rings is 2. The second-order valence-electron chi connectivity index (χ2n) is 9.59. The van der Waals surface area contributed by atoms with E-state index in [9.17, 15) is 4.79 Å². The van der Waals surface area contributed by atoms with Crippen LogP contribution in [0.1, 0.15) is 66.9 Å². The van der Waals surface area contributed by atoms with Crippen LogP contribution in [0.3, 0.4) is 0 Å². The molecule has 5 rings (SSSR count). The Hall–Kier alpha value is -4.19. The minimum absolute atomic E-state index is 0.124. The fourth-order valence-electron chi connectivity index (χ4n) is 4.49. The lowest BCUT2D eigenvalue weighted by Gasteiger charge is -2.26. The van der Waals surface area contributed by atoms with Crippen molar-refractivity contribution in [2.24, 2.45) is 0 Å². The number of hydrogen-bond donors (Lipinski definition) is 1. The lowest BCUT2D eigenvalue weighted by atomic mass is 10.1. The van der Waals surface area contributed by atoms with Gasteiger partial charge in [-0.15, -0.1) is 0 Å². The van der Waals surface area contributed by atoms with E-state index >= 15 is 0 Å². The highest BCUT2D eigenvalue weighted by molar-refractivity contribution is 5.67. The highest BCUT2D eigenvalue weighted by Gasteiger charge is 2.21. The van der Waals surface area contributed by atoms with Crippen LogP contribution in [0.15, 0.2) is 71.5 Å². The van der Waals surface area contributed by atoms with Crippen LogP contribution in [-0.4, -0.2) is 38.7 Å². The Balaban J connectivity index is 1.19. The summed E-state index contributed by atoms with van der Waals surface area (Å²) in [4.78, 5) is 15.2. The molecule has 2 unspecified atom stereocenters. The standard InChI is InChI=1S/C31H31N3O5/c1-22(38-30-4-2-3-19-37-30)31-32-17-18-34(31)21-27-20-28(39-33-27)26-14-11-25(12-15-26)10-7-23-5-8-24(9-6-23)13-16-29(35)36/h5-6,8-9,11-12,14-15,17-18,20,22,30H,2-4,13,16,19,21H2,1H3,(H,35,36). The SMILES string of the molecule is CC(OC1CCCCO1)c1nccn1Cc1cc(-c2ccc(C#Cc3ccc(CCC(=O)O)cc3)cc2)on1. The molecule has 1 fully saturated rings. The Morgan fingerprint density at radius 1 is 1.13 bits per heavy atom. The molecule has 2 atom stereocenters. The van der Waals surface area contributed by atoms with E-state index < -0.39 is 5.97 Å².